The highest BCUT2D eigenvalue weighted by Crippen LogP contribution is 2.11. The van der Waals surface area contributed by atoms with E-state index in [1.807, 2.05) is 0 Å². The Morgan fingerprint density at radius 1 is 0.706 bits per heavy atom. The Bertz CT molecular complexity index is 125. The van der Waals surface area contributed by atoms with Gasteiger partial charge in [0.05, 0.1) is 6.04 Å². The number of hydroxylamine groups is 1. The number of hydrogen-bond acceptors (Lipinski definition) is 1. The summed E-state index contributed by atoms with van der Waals surface area (Å²) in [4.78, 5) is 0. The van der Waals surface area contributed by atoms with E-state index in [2.05, 4.69) is 13.8 Å². The lowest BCUT2D eigenvalue weighted by molar-refractivity contribution is -0.629. The molecule has 0 aliphatic carbocycles. The van der Waals surface area contributed by atoms with Crippen LogP contribution in [0.4, 0.5) is 0 Å². The highest BCUT2D eigenvalue weighted by Gasteiger charge is 2.07. The molecule has 17 heavy (non-hydrogen) atoms. The molecule has 0 aliphatic rings. The Morgan fingerprint density at radius 3 is 1.47 bits per heavy atom. The first-order valence-electron chi connectivity index (χ1n) is 7.80. The maximum Gasteiger partial charge on any atom is 0.0856 e. The van der Waals surface area contributed by atoms with Crippen LogP contribution < -0.4 is 5.48 Å². The smallest absolute Gasteiger partial charge is 0.0856 e. The molecule has 0 amide bonds. The van der Waals surface area contributed by atoms with Crippen LogP contribution in [0.2, 0.25) is 0 Å². The van der Waals surface area contributed by atoms with Crippen LogP contribution in [0, 0.1) is 5.21 Å². The number of nitrogens with two attached hydrogens (primary N) is 1. The molecule has 2 nitrogen and oxygen atoms in total. The van der Waals surface area contributed by atoms with E-state index in [1.165, 1.54) is 69.7 Å². The molecular weight excluding hydrogens is 210 g/mol. The minimum absolute atomic E-state index is 0.346. The van der Waals surface area contributed by atoms with Crippen molar-refractivity contribution in [1.82, 2.24) is 0 Å². The molecule has 0 bridgehead atoms. The predicted molar refractivity (Wildman–Crippen MR) is 75.8 cm³/mol. The molecule has 0 saturated carbocycles. The number of quaternary nitrogens is 1. The molecule has 0 fully saturated rings. The van der Waals surface area contributed by atoms with Gasteiger partial charge in [-0.15, -0.1) is 0 Å². The molecule has 0 radical (unpaired) electrons. The molecule has 0 atom stereocenters. The molecule has 2 heteroatoms. The van der Waals surface area contributed by atoms with Crippen LogP contribution in [0.5, 0.6) is 0 Å². The Balaban J connectivity index is 3.30. The van der Waals surface area contributed by atoms with Gasteiger partial charge in [-0.3, -0.25) is 0 Å². The second-order valence-corrected chi connectivity index (χ2v) is 5.30. The highest BCUT2D eigenvalue weighted by atomic mass is 16.5. The quantitative estimate of drug-likeness (QED) is 0.383. The summed E-state index contributed by atoms with van der Waals surface area (Å²) in [6.07, 6.45) is 15.4. The summed E-state index contributed by atoms with van der Waals surface area (Å²) >= 11 is 0. The summed E-state index contributed by atoms with van der Waals surface area (Å²) in [6.45, 7) is 4.48. The molecule has 0 aromatic heterocycles. The monoisotopic (exact) mass is 243 g/mol. The van der Waals surface area contributed by atoms with Crippen LogP contribution in [0.25, 0.3) is 0 Å². The van der Waals surface area contributed by atoms with E-state index in [0.717, 1.165) is 12.8 Å². The lowest BCUT2D eigenvalue weighted by Gasteiger charge is -2.17. The summed E-state index contributed by atoms with van der Waals surface area (Å²) in [5.41, 5.74) is 1.19. The topological polar surface area (TPSA) is 39.7 Å². The molecular formula is C15H33NO. The van der Waals surface area contributed by atoms with Gasteiger partial charge in [0.25, 0.3) is 0 Å². The van der Waals surface area contributed by atoms with Crippen LogP contribution in [0.15, 0.2) is 0 Å². The van der Waals surface area contributed by atoms with Crippen molar-refractivity contribution in [2.24, 2.45) is 0 Å². The van der Waals surface area contributed by atoms with E-state index in [1.54, 1.807) is 0 Å². The summed E-state index contributed by atoms with van der Waals surface area (Å²) in [5.74, 6) is 0. The SMILES string of the molecule is CCCCCCCC(CCCCCCC)[NH2+][O-]. The Kier molecular flexibility index (Phi) is 13.9. The average molecular weight is 243 g/mol. The van der Waals surface area contributed by atoms with Gasteiger partial charge in [-0.25, -0.2) is 0 Å². The molecule has 0 aromatic carbocycles. The van der Waals surface area contributed by atoms with Crippen LogP contribution >= 0.6 is 0 Å². The molecule has 2 N–H and O–H groups in total. The van der Waals surface area contributed by atoms with E-state index in [0.29, 0.717) is 6.04 Å². The first-order chi connectivity index (χ1) is 8.35. The first kappa shape index (κ1) is 16.9. The van der Waals surface area contributed by atoms with Gasteiger partial charge in [-0.2, -0.15) is 0 Å². The van der Waals surface area contributed by atoms with Gasteiger partial charge in [-0.05, 0) is 25.7 Å². The molecule has 0 aliphatic heterocycles. The van der Waals surface area contributed by atoms with Gasteiger partial charge in [0.1, 0.15) is 0 Å². The molecule has 0 spiro atoms. The number of rotatable bonds is 13. The van der Waals surface area contributed by atoms with E-state index < -0.39 is 0 Å². The van der Waals surface area contributed by atoms with Gasteiger partial charge in [0, 0.05) is 0 Å². The van der Waals surface area contributed by atoms with Crippen LogP contribution in [0.3, 0.4) is 0 Å². The molecule has 0 unspecified atom stereocenters. The van der Waals surface area contributed by atoms with E-state index in [4.69, 9.17) is 0 Å². The highest BCUT2D eigenvalue weighted by molar-refractivity contribution is 4.57. The van der Waals surface area contributed by atoms with Crippen molar-refractivity contribution in [3.8, 4) is 0 Å². The van der Waals surface area contributed by atoms with Crippen molar-refractivity contribution >= 4 is 0 Å². The number of hydrogen-bond donors (Lipinski definition) is 1. The lowest BCUT2D eigenvalue weighted by Crippen LogP contribution is -2.84. The van der Waals surface area contributed by atoms with Crippen molar-refractivity contribution in [2.75, 3.05) is 0 Å². The summed E-state index contributed by atoms with van der Waals surface area (Å²) in [6, 6.07) is 0.346. The van der Waals surface area contributed by atoms with Crippen LogP contribution in [-0.4, -0.2) is 6.04 Å². The third-order valence-electron chi connectivity index (χ3n) is 3.55. The predicted octanol–water partition coefficient (Wildman–Crippen LogP) is 4.14. The van der Waals surface area contributed by atoms with Crippen molar-refractivity contribution < 1.29 is 5.48 Å². The zero-order valence-electron chi connectivity index (χ0n) is 12.0. The molecule has 104 valence electrons. The van der Waals surface area contributed by atoms with E-state index in [9.17, 15) is 5.21 Å². The van der Waals surface area contributed by atoms with Crippen molar-refractivity contribution in [3.05, 3.63) is 5.21 Å². The zero-order valence-corrected chi connectivity index (χ0v) is 12.0. The van der Waals surface area contributed by atoms with Crippen molar-refractivity contribution in [1.29, 1.82) is 0 Å². The van der Waals surface area contributed by atoms with Crippen LogP contribution in [-0.2, 0) is 0 Å². The van der Waals surface area contributed by atoms with Gasteiger partial charge in [0.15, 0.2) is 0 Å². The van der Waals surface area contributed by atoms with Crippen molar-refractivity contribution in [3.63, 3.8) is 0 Å². The van der Waals surface area contributed by atoms with Gasteiger partial charge in [0.2, 0.25) is 0 Å². The summed E-state index contributed by atoms with van der Waals surface area (Å²) in [7, 11) is 0. The molecule has 0 aromatic rings. The Morgan fingerprint density at radius 2 is 1.12 bits per heavy atom. The second-order valence-electron chi connectivity index (χ2n) is 5.30. The third-order valence-corrected chi connectivity index (χ3v) is 3.55. The first-order valence-corrected chi connectivity index (χ1v) is 7.80. The standard InChI is InChI=1S/C15H33NO/c1-3-5-7-9-11-13-15(16-17)14-12-10-8-6-4-2/h15H,3-14,16H2,1-2H3. The molecule has 0 rings (SSSR count). The maximum atomic E-state index is 10.9. The van der Waals surface area contributed by atoms with E-state index in [-0.39, 0.29) is 0 Å². The molecule has 0 saturated heterocycles. The fourth-order valence-corrected chi connectivity index (χ4v) is 2.30. The second kappa shape index (κ2) is 14.0. The van der Waals surface area contributed by atoms with Crippen LogP contribution in [0.1, 0.15) is 90.9 Å². The minimum atomic E-state index is 0.346. The normalized spacial score (nSPS) is 11.3. The maximum absolute atomic E-state index is 10.9. The zero-order chi connectivity index (χ0) is 12.8. The number of unbranched alkanes of at least 4 members (excludes halogenated alkanes) is 8. The largest absolute Gasteiger partial charge is 0.636 e. The Hall–Kier alpha value is -0.0800. The molecule has 0 heterocycles. The fourth-order valence-electron chi connectivity index (χ4n) is 2.30. The lowest BCUT2D eigenvalue weighted by atomic mass is 10.0. The average Bonchev–Trinajstić information content (AvgIpc) is 2.36. The van der Waals surface area contributed by atoms with Gasteiger partial charge >= 0.3 is 0 Å². The van der Waals surface area contributed by atoms with Crippen molar-refractivity contribution in [2.45, 2.75) is 96.9 Å². The third kappa shape index (κ3) is 12.2. The summed E-state index contributed by atoms with van der Waals surface area (Å²) < 4.78 is 0. The summed E-state index contributed by atoms with van der Waals surface area (Å²) in [5, 5.41) is 10.9. The van der Waals surface area contributed by atoms with Gasteiger partial charge < -0.3 is 10.7 Å². The Labute approximate surface area is 108 Å². The minimum Gasteiger partial charge on any atom is -0.636 e. The fraction of sp³-hybridized carbons (Fsp3) is 1.00. The van der Waals surface area contributed by atoms with E-state index >= 15 is 0 Å². The van der Waals surface area contributed by atoms with Gasteiger partial charge in [-0.1, -0.05) is 65.2 Å².